The van der Waals surface area contributed by atoms with Gasteiger partial charge >= 0.3 is 0 Å². The Kier molecular flexibility index (Phi) is 5.48. The van der Waals surface area contributed by atoms with Crippen LogP contribution in [0.25, 0.3) is 77.5 Å². The fourth-order valence-corrected chi connectivity index (χ4v) is 9.55. The molecule has 0 heterocycles. The molecule has 3 aliphatic carbocycles. The molecule has 0 radical (unpaired) electrons. The van der Waals surface area contributed by atoms with E-state index in [1.807, 2.05) is 12.1 Å². The molecule has 51 heavy (non-hydrogen) atoms. The highest BCUT2D eigenvalue weighted by Gasteiger charge is 2.53. The van der Waals surface area contributed by atoms with E-state index in [-0.39, 0.29) is 0 Å². The van der Waals surface area contributed by atoms with Crippen molar-refractivity contribution < 1.29 is 0 Å². The first kappa shape index (κ1) is 27.9. The van der Waals surface area contributed by atoms with Crippen molar-refractivity contribution in [3.63, 3.8) is 0 Å². The summed E-state index contributed by atoms with van der Waals surface area (Å²) in [4.78, 5) is 0. The lowest BCUT2D eigenvalue weighted by atomic mass is 9.69. The molecule has 0 saturated carbocycles. The second-order valence-corrected chi connectivity index (χ2v) is 13.8. The molecule has 3 aliphatic rings. The molecule has 1 spiro atoms. The number of hydrogen-bond acceptors (Lipinski definition) is 2. The Bertz CT molecular complexity index is 2850. The Morgan fingerprint density at radius 2 is 0.882 bits per heavy atom. The summed E-state index contributed by atoms with van der Waals surface area (Å²) in [6.07, 6.45) is 0. The fraction of sp³-hybridized carbons (Fsp3) is 0.0204. The van der Waals surface area contributed by atoms with E-state index in [0.29, 0.717) is 11.1 Å². The SMILES string of the molecule is N#Cc1cc(C#N)cc(-c2ccc(-c3c4c(cc5c3-c3ccccc3C53c5ccccc5-c5ccccc53)-c3cccc5cccc-4c35)cc2)c1. The molecular formula is C49H26N2. The molecule has 0 fully saturated rings. The van der Waals surface area contributed by atoms with Gasteiger partial charge in [0.1, 0.15) is 0 Å². The molecule has 8 aromatic rings. The van der Waals surface area contributed by atoms with Gasteiger partial charge in [-0.05, 0) is 124 Å². The first-order valence-electron chi connectivity index (χ1n) is 17.3. The molecule has 0 aliphatic heterocycles. The molecule has 0 N–H and O–H groups in total. The van der Waals surface area contributed by atoms with Crippen molar-refractivity contribution in [2.45, 2.75) is 5.41 Å². The second-order valence-electron chi connectivity index (χ2n) is 13.8. The highest BCUT2D eigenvalue weighted by molar-refractivity contribution is 6.21. The predicted octanol–water partition coefficient (Wildman–Crippen LogP) is 11.9. The summed E-state index contributed by atoms with van der Waals surface area (Å²) in [7, 11) is 0. The van der Waals surface area contributed by atoms with Crippen molar-refractivity contribution in [2.24, 2.45) is 0 Å². The van der Waals surface area contributed by atoms with Gasteiger partial charge in [-0.15, -0.1) is 0 Å². The van der Waals surface area contributed by atoms with Gasteiger partial charge in [-0.1, -0.05) is 133 Å². The van der Waals surface area contributed by atoms with E-state index in [2.05, 4.69) is 152 Å². The maximum Gasteiger partial charge on any atom is 0.0992 e. The molecule has 0 bridgehead atoms. The van der Waals surface area contributed by atoms with Gasteiger partial charge in [0, 0.05) is 0 Å². The normalized spacial score (nSPS) is 13.2. The zero-order valence-electron chi connectivity index (χ0n) is 27.4. The average molecular weight is 643 g/mol. The van der Waals surface area contributed by atoms with E-state index in [0.717, 1.165) is 16.7 Å². The molecule has 0 atom stereocenters. The topological polar surface area (TPSA) is 47.6 Å². The molecular weight excluding hydrogens is 617 g/mol. The minimum Gasteiger partial charge on any atom is -0.192 e. The van der Waals surface area contributed by atoms with Crippen LogP contribution in [0.1, 0.15) is 33.4 Å². The first-order valence-corrected chi connectivity index (χ1v) is 17.3. The highest BCUT2D eigenvalue weighted by Crippen LogP contribution is 2.67. The summed E-state index contributed by atoms with van der Waals surface area (Å²) >= 11 is 0. The third-order valence-electron chi connectivity index (χ3n) is 11.4. The Hall–Kier alpha value is -7.00. The Morgan fingerprint density at radius 3 is 1.51 bits per heavy atom. The van der Waals surface area contributed by atoms with E-state index in [9.17, 15) is 10.5 Å². The van der Waals surface area contributed by atoms with Crippen LogP contribution < -0.4 is 0 Å². The van der Waals surface area contributed by atoms with Crippen LogP contribution in [-0.2, 0) is 5.41 Å². The highest BCUT2D eigenvalue weighted by atomic mass is 14.5. The summed E-state index contributed by atoms with van der Waals surface area (Å²) in [6.45, 7) is 0. The van der Waals surface area contributed by atoms with E-state index < -0.39 is 5.41 Å². The van der Waals surface area contributed by atoms with Crippen LogP contribution in [0.4, 0.5) is 0 Å². The summed E-state index contributed by atoms with van der Waals surface area (Å²) in [6, 6.07) is 61.4. The number of nitrogens with zero attached hydrogens (tertiary/aromatic N) is 2. The van der Waals surface area contributed by atoms with E-state index in [1.54, 1.807) is 6.07 Å². The lowest BCUT2D eigenvalue weighted by Crippen LogP contribution is -2.26. The second kappa shape index (κ2) is 10.0. The van der Waals surface area contributed by atoms with Crippen LogP contribution in [0, 0.1) is 22.7 Å². The number of benzene rings is 8. The fourth-order valence-electron chi connectivity index (χ4n) is 9.55. The Labute approximate surface area is 295 Å². The van der Waals surface area contributed by atoms with Gasteiger partial charge < -0.3 is 0 Å². The van der Waals surface area contributed by atoms with Crippen molar-refractivity contribution >= 4 is 10.8 Å². The van der Waals surface area contributed by atoms with Gasteiger partial charge in [0.25, 0.3) is 0 Å². The van der Waals surface area contributed by atoms with Crippen molar-refractivity contribution in [3.8, 4) is 78.9 Å². The maximum absolute atomic E-state index is 9.67. The predicted molar refractivity (Wildman–Crippen MR) is 205 cm³/mol. The Balaban J connectivity index is 1.27. The van der Waals surface area contributed by atoms with Crippen LogP contribution >= 0.6 is 0 Å². The summed E-state index contributed by atoms with van der Waals surface area (Å²) in [5, 5.41) is 21.9. The van der Waals surface area contributed by atoms with Crippen molar-refractivity contribution in [1.29, 1.82) is 10.5 Å². The maximum atomic E-state index is 9.67. The van der Waals surface area contributed by atoms with Gasteiger partial charge in [0.15, 0.2) is 0 Å². The standard InChI is InChI=1S/C49H26N2/c50-27-29-23-30(28-51)25-34(24-29)31-19-21-33(22-20-31)46-47-39-15-8-10-32-9-7-14-37(45(32)39)40(47)26-44-48(46)38-13-3-6-18-43(38)49(44)41-16-4-1-11-35(41)36-12-2-5-17-42(36)49/h1-26H. The number of nitriles is 2. The molecule has 11 rings (SSSR count). The largest absolute Gasteiger partial charge is 0.192 e. The van der Waals surface area contributed by atoms with Crippen LogP contribution in [0.5, 0.6) is 0 Å². The number of hydrogen-bond donors (Lipinski definition) is 0. The Morgan fingerprint density at radius 1 is 0.353 bits per heavy atom. The van der Waals surface area contributed by atoms with Crippen molar-refractivity contribution in [3.05, 3.63) is 191 Å². The van der Waals surface area contributed by atoms with Crippen LogP contribution in [-0.4, -0.2) is 0 Å². The minimum atomic E-state index is -0.461. The molecule has 232 valence electrons. The summed E-state index contributed by atoms with van der Waals surface area (Å²) < 4.78 is 0. The first-order chi connectivity index (χ1) is 25.2. The number of fused-ring (bicyclic) bond motifs is 13. The lowest BCUT2D eigenvalue weighted by molar-refractivity contribution is 0.794. The number of rotatable bonds is 2. The molecule has 2 nitrogen and oxygen atoms in total. The minimum absolute atomic E-state index is 0.461. The third-order valence-corrected chi connectivity index (χ3v) is 11.4. The molecule has 0 unspecified atom stereocenters. The van der Waals surface area contributed by atoms with Crippen LogP contribution in [0.15, 0.2) is 158 Å². The zero-order valence-corrected chi connectivity index (χ0v) is 27.4. The summed E-state index contributed by atoms with van der Waals surface area (Å²) in [5.74, 6) is 0. The molecule has 2 heteroatoms. The van der Waals surface area contributed by atoms with Crippen LogP contribution in [0.3, 0.4) is 0 Å². The molecule has 8 aromatic carbocycles. The molecule has 0 aromatic heterocycles. The van der Waals surface area contributed by atoms with Crippen LogP contribution in [0.2, 0.25) is 0 Å². The zero-order chi connectivity index (χ0) is 33.8. The van der Waals surface area contributed by atoms with Gasteiger partial charge in [0.2, 0.25) is 0 Å². The third kappa shape index (κ3) is 3.49. The van der Waals surface area contributed by atoms with E-state index >= 15 is 0 Å². The smallest absolute Gasteiger partial charge is 0.0992 e. The monoisotopic (exact) mass is 642 g/mol. The van der Waals surface area contributed by atoms with E-state index in [1.165, 1.54) is 83.1 Å². The van der Waals surface area contributed by atoms with Crippen molar-refractivity contribution in [1.82, 2.24) is 0 Å². The van der Waals surface area contributed by atoms with Gasteiger partial charge in [-0.2, -0.15) is 10.5 Å². The van der Waals surface area contributed by atoms with Gasteiger partial charge in [0.05, 0.1) is 28.7 Å². The average Bonchev–Trinajstić information content (AvgIpc) is 3.80. The quantitative estimate of drug-likeness (QED) is 0.188. The lowest BCUT2D eigenvalue weighted by Gasteiger charge is -2.31. The van der Waals surface area contributed by atoms with Gasteiger partial charge in [-0.25, -0.2) is 0 Å². The molecule has 0 amide bonds. The van der Waals surface area contributed by atoms with Crippen molar-refractivity contribution in [2.75, 3.05) is 0 Å². The molecule has 0 saturated heterocycles. The summed E-state index contributed by atoms with van der Waals surface area (Å²) in [5.41, 5.74) is 20.3. The van der Waals surface area contributed by atoms with E-state index in [4.69, 9.17) is 0 Å². The van der Waals surface area contributed by atoms with Gasteiger partial charge in [-0.3, -0.25) is 0 Å².